The van der Waals surface area contributed by atoms with Crippen LogP contribution in [-0.2, 0) is 6.42 Å². The minimum absolute atomic E-state index is 0.108. The molecule has 1 amide bonds. The van der Waals surface area contributed by atoms with Crippen molar-refractivity contribution in [3.05, 3.63) is 83.5 Å². The molecule has 0 aliphatic carbocycles. The maximum Gasteiger partial charge on any atom is 0.254 e. The van der Waals surface area contributed by atoms with E-state index in [1.165, 1.54) is 0 Å². The monoisotopic (exact) mass is 431 g/mol. The van der Waals surface area contributed by atoms with Crippen molar-refractivity contribution >= 4 is 17.0 Å². The topological polar surface area (TPSA) is 77.7 Å². The van der Waals surface area contributed by atoms with Crippen LogP contribution in [-0.4, -0.2) is 42.0 Å². The van der Waals surface area contributed by atoms with Crippen molar-refractivity contribution in [2.24, 2.45) is 0 Å². The van der Waals surface area contributed by atoms with Crippen molar-refractivity contribution < 1.29 is 18.7 Å². The Bertz CT molecular complexity index is 1240. The zero-order valence-corrected chi connectivity index (χ0v) is 18.5. The largest absolute Gasteiger partial charge is 0.493 e. The molecule has 0 bridgehead atoms. The van der Waals surface area contributed by atoms with E-state index in [0.717, 1.165) is 11.3 Å². The predicted octanol–water partition coefficient (Wildman–Crippen LogP) is 4.66. The highest BCUT2D eigenvalue weighted by Crippen LogP contribution is 2.29. The number of benzene rings is 2. The summed E-state index contributed by atoms with van der Waals surface area (Å²) in [6, 6.07) is 16.5. The summed E-state index contributed by atoms with van der Waals surface area (Å²) < 4.78 is 16.6. The van der Waals surface area contributed by atoms with Crippen molar-refractivity contribution in [1.82, 2.24) is 14.9 Å². The van der Waals surface area contributed by atoms with Gasteiger partial charge in [0.2, 0.25) is 0 Å². The van der Waals surface area contributed by atoms with Crippen LogP contribution in [0, 0.1) is 0 Å². The van der Waals surface area contributed by atoms with Gasteiger partial charge in [0.15, 0.2) is 23.0 Å². The van der Waals surface area contributed by atoms with Gasteiger partial charge in [-0.2, -0.15) is 0 Å². The van der Waals surface area contributed by atoms with Crippen molar-refractivity contribution in [2.45, 2.75) is 19.4 Å². The second-order valence-corrected chi connectivity index (χ2v) is 7.50. The summed E-state index contributed by atoms with van der Waals surface area (Å²) in [5, 5.41) is 0. The number of ether oxygens (including phenoxy) is 2. The van der Waals surface area contributed by atoms with E-state index in [4.69, 9.17) is 13.9 Å². The van der Waals surface area contributed by atoms with Gasteiger partial charge in [-0.3, -0.25) is 9.78 Å². The van der Waals surface area contributed by atoms with Crippen molar-refractivity contribution in [2.75, 3.05) is 21.3 Å². The molecule has 0 N–H and O–H groups in total. The molecule has 4 rings (SSSR count). The Hall–Kier alpha value is -3.87. The highest BCUT2D eigenvalue weighted by atomic mass is 16.5. The molecule has 1 unspecified atom stereocenters. The molecular formula is C25H25N3O4. The minimum Gasteiger partial charge on any atom is -0.493 e. The number of pyridine rings is 1. The lowest BCUT2D eigenvalue weighted by atomic mass is 10.1. The molecule has 0 aliphatic heterocycles. The molecule has 164 valence electrons. The lowest BCUT2D eigenvalue weighted by Crippen LogP contribution is -2.30. The number of nitrogens with zero attached hydrogens (tertiary/aromatic N) is 3. The summed E-state index contributed by atoms with van der Waals surface area (Å²) in [7, 11) is 4.98. The summed E-state index contributed by atoms with van der Waals surface area (Å²) in [6.45, 7) is 1.95. The van der Waals surface area contributed by atoms with Gasteiger partial charge in [0.1, 0.15) is 5.52 Å². The van der Waals surface area contributed by atoms with E-state index >= 15 is 0 Å². The molecule has 0 aliphatic rings. The van der Waals surface area contributed by atoms with Gasteiger partial charge < -0.3 is 18.8 Å². The Labute approximate surface area is 186 Å². The van der Waals surface area contributed by atoms with Gasteiger partial charge in [0.25, 0.3) is 5.91 Å². The molecule has 32 heavy (non-hydrogen) atoms. The highest BCUT2D eigenvalue weighted by Gasteiger charge is 2.21. The molecule has 0 saturated heterocycles. The molecule has 1 atom stereocenters. The maximum atomic E-state index is 13.0. The van der Waals surface area contributed by atoms with Crippen LogP contribution in [0.1, 0.15) is 40.5 Å². The molecule has 7 nitrogen and oxygen atoms in total. The Morgan fingerprint density at radius 3 is 2.59 bits per heavy atom. The molecule has 4 aromatic rings. The van der Waals surface area contributed by atoms with E-state index in [0.29, 0.717) is 40.5 Å². The second-order valence-electron chi connectivity index (χ2n) is 7.50. The van der Waals surface area contributed by atoms with Crippen LogP contribution in [0.15, 0.2) is 65.2 Å². The Morgan fingerprint density at radius 1 is 1.06 bits per heavy atom. The fourth-order valence-corrected chi connectivity index (χ4v) is 3.55. The molecule has 7 heteroatoms. The lowest BCUT2D eigenvalue weighted by Gasteiger charge is -2.24. The normalized spacial score (nSPS) is 11.9. The van der Waals surface area contributed by atoms with Gasteiger partial charge in [0.05, 0.1) is 26.0 Å². The summed E-state index contributed by atoms with van der Waals surface area (Å²) in [5.41, 5.74) is 3.63. The molecule has 0 spiro atoms. The van der Waals surface area contributed by atoms with Gasteiger partial charge >= 0.3 is 0 Å². The molecule has 2 aromatic heterocycles. The number of carbonyl (C=O) groups is 1. The molecule has 0 radical (unpaired) electrons. The van der Waals surface area contributed by atoms with Crippen molar-refractivity contribution in [3.63, 3.8) is 0 Å². The first-order valence-corrected chi connectivity index (χ1v) is 10.3. The van der Waals surface area contributed by atoms with Gasteiger partial charge in [-0.05, 0) is 55.0 Å². The van der Waals surface area contributed by atoms with E-state index in [9.17, 15) is 4.79 Å². The third kappa shape index (κ3) is 4.27. The first-order valence-electron chi connectivity index (χ1n) is 10.3. The van der Waals surface area contributed by atoms with E-state index in [-0.39, 0.29) is 11.9 Å². The minimum atomic E-state index is -0.158. The zero-order valence-electron chi connectivity index (χ0n) is 18.5. The van der Waals surface area contributed by atoms with E-state index in [1.807, 2.05) is 49.4 Å². The summed E-state index contributed by atoms with van der Waals surface area (Å²) in [5.74, 6) is 1.77. The predicted molar refractivity (Wildman–Crippen MR) is 121 cm³/mol. The lowest BCUT2D eigenvalue weighted by molar-refractivity contribution is 0.0740. The van der Waals surface area contributed by atoms with Crippen molar-refractivity contribution in [1.29, 1.82) is 0 Å². The Morgan fingerprint density at radius 2 is 1.88 bits per heavy atom. The first-order chi connectivity index (χ1) is 15.5. The number of hydrogen-bond donors (Lipinski definition) is 0. The second kappa shape index (κ2) is 9.09. The van der Waals surface area contributed by atoms with Gasteiger partial charge in [-0.1, -0.05) is 12.1 Å². The van der Waals surface area contributed by atoms with Gasteiger partial charge in [-0.25, -0.2) is 4.98 Å². The molecule has 2 aromatic carbocycles. The number of fused-ring (bicyclic) bond motifs is 1. The Kier molecular flexibility index (Phi) is 6.07. The standard InChI is InChI=1S/C25H25N3O4/c1-16(19-7-5-6-12-26-19)28(2)25(29)18-9-10-20-22(15-18)32-24(27-20)14-17-8-11-21(30-3)23(13-17)31-4/h5-13,15-16H,14H2,1-4H3. The van der Waals surface area contributed by atoms with Crippen LogP contribution in [0.3, 0.4) is 0 Å². The average molecular weight is 431 g/mol. The fraction of sp³-hybridized carbons (Fsp3) is 0.240. The number of amides is 1. The molecule has 2 heterocycles. The number of carbonyl (C=O) groups excluding carboxylic acids is 1. The molecule has 0 fully saturated rings. The van der Waals surface area contributed by atoms with Crippen molar-refractivity contribution in [3.8, 4) is 11.5 Å². The van der Waals surface area contributed by atoms with E-state index in [2.05, 4.69) is 9.97 Å². The number of methoxy groups -OCH3 is 2. The van der Waals surface area contributed by atoms with Crippen LogP contribution < -0.4 is 9.47 Å². The van der Waals surface area contributed by atoms with E-state index in [1.54, 1.807) is 44.5 Å². The van der Waals surface area contributed by atoms with Crippen LogP contribution >= 0.6 is 0 Å². The summed E-state index contributed by atoms with van der Waals surface area (Å²) >= 11 is 0. The third-order valence-corrected chi connectivity index (χ3v) is 5.50. The maximum absolute atomic E-state index is 13.0. The fourth-order valence-electron chi connectivity index (χ4n) is 3.55. The van der Waals surface area contributed by atoms with E-state index < -0.39 is 0 Å². The average Bonchev–Trinajstić information content (AvgIpc) is 3.24. The van der Waals surface area contributed by atoms with Crippen LogP contribution in [0.4, 0.5) is 0 Å². The highest BCUT2D eigenvalue weighted by molar-refractivity contribution is 5.97. The van der Waals surface area contributed by atoms with Gasteiger partial charge in [-0.15, -0.1) is 0 Å². The molecule has 0 saturated carbocycles. The van der Waals surface area contributed by atoms with Crippen LogP contribution in [0.2, 0.25) is 0 Å². The zero-order chi connectivity index (χ0) is 22.7. The van der Waals surface area contributed by atoms with Gasteiger partial charge in [0, 0.05) is 25.2 Å². The number of oxazole rings is 1. The number of rotatable bonds is 7. The smallest absolute Gasteiger partial charge is 0.254 e. The first kappa shape index (κ1) is 21.4. The summed E-state index contributed by atoms with van der Waals surface area (Å²) in [4.78, 5) is 23.6. The Balaban J connectivity index is 1.54. The third-order valence-electron chi connectivity index (χ3n) is 5.50. The summed E-state index contributed by atoms with van der Waals surface area (Å²) in [6.07, 6.45) is 2.22. The SMILES string of the molecule is COc1ccc(Cc2nc3ccc(C(=O)N(C)C(C)c4ccccn4)cc3o2)cc1OC. The van der Waals surface area contributed by atoms with Crippen LogP contribution in [0.5, 0.6) is 11.5 Å². The number of aromatic nitrogens is 2. The molecular weight excluding hydrogens is 406 g/mol. The number of hydrogen-bond acceptors (Lipinski definition) is 6. The van der Waals surface area contributed by atoms with Crippen LogP contribution in [0.25, 0.3) is 11.1 Å². The quantitative estimate of drug-likeness (QED) is 0.423.